The molecule has 1 aromatic carbocycles. The lowest BCUT2D eigenvalue weighted by atomic mass is 10.1. The lowest BCUT2D eigenvalue weighted by Crippen LogP contribution is -2.20. The Morgan fingerprint density at radius 1 is 1.53 bits per heavy atom. The summed E-state index contributed by atoms with van der Waals surface area (Å²) in [7, 11) is 1.58. The molecule has 0 aliphatic rings. The van der Waals surface area contributed by atoms with E-state index in [1.54, 1.807) is 42.3 Å². The van der Waals surface area contributed by atoms with Crippen LogP contribution in [0.2, 0.25) is 0 Å². The molecule has 0 spiro atoms. The molecule has 0 unspecified atom stereocenters. The lowest BCUT2D eigenvalue weighted by Gasteiger charge is -2.09. The summed E-state index contributed by atoms with van der Waals surface area (Å²) in [5.41, 5.74) is 7.48. The number of nitrogens with zero attached hydrogens (tertiary/aromatic N) is 2. The standard InChI is InChI=1S/C11H11BrN4O/c1-14-11(17)9-3-2-8(13)4-10(9)16-6-7(12)5-15-16/h2-6H,13H2,1H3,(H,14,17). The van der Waals surface area contributed by atoms with Gasteiger partial charge in [-0.2, -0.15) is 5.10 Å². The minimum atomic E-state index is -0.174. The van der Waals surface area contributed by atoms with Gasteiger partial charge >= 0.3 is 0 Å². The summed E-state index contributed by atoms with van der Waals surface area (Å²) in [4.78, 5) is 11.7. The van der Waals surface area contributed by atoms with Gasteiger partial charge in [-0.05, 0) is 34.1 Å². The zero-order chi connectivity index (χ0) is 12.4. The molecule has 0 saturated heterocycles. The van der Waals surface area contributed by atoms with Crippen LogP contribution in [0.4, 0.5) is 5.69 Å². The van der Waals surface area contributed by atoms with Crippen molar-refractivity contribution in [1.82, 2.24) is 15.1 Å². The first-order valence-electron chi connectivity index (χ1n) is 4.94. The molecule has 1 aromatic heterocycles. The van der Waals surface area contributed by atoms with E-state index in [1.807, 2.05) is 0 Å². The van der Waals surface area contributed by atoms with Gasteiger partial charge in [-0.3, -0.25) is 4.79 Å². The molecule has 0 fully saturated rings. The predicted octanol–water partition coefficient (Wildman–Crippen LogP) is 1.58. The molecule has 6 heteroatoms. The van der Waals surface area contributed by atoms with Gasteiger partial charge in [-0.1, -0.05) is 0 Å². The van der Waals surface area contributed by atoms with Crippen molar-refractivity contribution in [2.45, 2.75) is 0 Å². The number of carbonyl (C=O) groups is 1. The summed E-state index contributed by atoms with van der Waals surface area (Å²) in [6, 6.07) is 5.08. The Hall–Kier alpha value is -1.82. The molecule has 0 radical (unpaired) electrons. The van der Waals surface area contributed by atoms with Crippen LogP contribution in [-0.4, -0.2) is 22.7 Å². The molecule has 88 valence electrons. The molecule has 0 aliphatic heterocycles. The van der Waals surface area contributed by atoms with Gasteiger partial charge in [0, 0.05) is 18.9 Å². The summed E-state index contributed by atoms with van der Waals surface area (Å²) in [5, 5.41) is 6.72. The third-order valence-corrected chi connectivity index (χ3v) is 2.70. The van der Waals surface area contributed by atoms with Crippen molar-refractivity contribution in [3.8, 4) is 5.69 Å². The Balaban J connectivity index is 2.58. The Morgan fingerprint density at radius 3 is 2.88 bits per heavy atom. The highest BCUT2D eigenvalue weighted by molar-refractivity contribution is 9.10. The number of anilines is 1. The number of halogens is 1. The van der Waals surface area contributed by atoms with Gasteiger partial charge in [-0.25, -0.2) is 4.68 Å². The summed E-state index contributed by atoms with van der Waals surface area (Å²) in [6.45, 7) is 0. The number of rotatable bonds is 2. The highest BCUT2D eigenvalue weighted by Gasteiger charge is 2.12. The maximum absolute atomic E-state index is 11.7. The zero-order valence-corrected chi connectivity index (χ0v) is 10.7. The Morgan fingerprint density at radius 2 is 2.29 bits per heavy atom. The summed E-state index contributed by atoms with van der Waals surface area (Å²) < 4.78 is 2.44. The van der Waals surface area contributed by atoms with Crippen LogP contribution in [-0.2, 0) is 0 Å². The van der Waals surface area contributed by atoms with Gasteiger partial charge in [0.1, 0.15) is 0 Å². The van der Waals surface area contributed by atoms with Crippen molar-refractivity contribution < 1.29 is 4.79 Å². The van der Waals surface area contributed by atoms with E-state index < -0.39 is 0 Å². The number of benzene rings is 1. The first-order valence-corrected chi connectivity index (χ1v) is 5.73. The maximum Gasteiger partial charge on any atom is 0.253 e. The Labute approximate surface area is 107 Å². The number of nitrogens with one attached hydrogen (secondary N) is 1. The summed E-state index contributed by atoms with van der Waals surface area (Å²) >= 11 is 3.31. The smallest absolute Gasteiger partial charge is 0.253 e. The average Bonchev–Trinajstić information content (AvgIpc) is 2.75. The first-order chi connectivity index (χ1) is 8.11. The first kappa shape index (κ1) is 11.7. The molecular formula is C11H11BrN4O. The van der Waals surface area contributed by atoms with Crippen LogP contribution in [0.3, 0.4) is 0 Å². The quantitative estimate of drug-likeness (QED) is 0.826. The highest BCUT2D eigenvalue weighted by Crippen LogP contribution is 2.19. The molecule has 0 bridgehead atoms. The highest BCUT2D eigenvalue weighted by atomic mass is 79.9. The van der Waals surface area contributed by atoms with Gasteiger partial charge in [0.05, 0.1) is 21.9 Å². The second-order valence-electron chi connectivity index (χ2n) is 3.46. The van der Waals surface area contributed by atoms with Crippen LogP contribution in [0.25, 0.3) is 5.69 Å². The van der Waals surface area contributed by atoms with E-state index in [4.69, 9.17) is 5.73 Å². The van der Waals surface area contributed by atoms with Crippen molar-refractivity contribution >= 4 is 27.5 Å². The number of nitrogen functional groups attached to an aromatic ring is 1. The van der Waals surface area contributed by atoms with E-state index in [0.29, 0.717) is 16.9 Å². The number of nitrogens with two attached hydrogens (primary N) is 1. The second-order valence-corrected chi connectivity index (χ2v) is 4.37. The average molecular weight is 295 g/mol. The van der Waals surface area contributed by atoms with E-state index in [1.165, 1.54) is 0 Å². The second kappa shape index (κ2) is 4.58. The molecule has 3 N–H and O–H groups in total. The normalized spacial score (nSPS) is 10.2. The maximum atomic E-state index is 11.7. The molecular weight excluding hydrogens is 284 g/mol. The van der Waals surface area contributed by atoms with Crippen molar-refractivity contribution in [3.05, 3.63) is 40.6 Å². The van der Waals surface area contributed by atoms with Crippen molar-refractivity contribution in [2.24, 2.45) is 0 Å². The molecule has 1 amide bonds. The fourth-order valence-corrected chi connectivity index (χ4v) is 1.78. The Bertz CT molecular complexity index is 564. The van der Waals surface area contributed by atoms with Crippen LogP contribution in [0, 0.1) is 0 Å². The van der Waals surface area contributed by atoms with Crippen molar-refractivity contribution in [1.29, 1.82) is 0 Å². The predicted molar refractivity (Wildman–Crippen MR) is 69.1 cm³/mol. The largest absolute Gasteiger partial charge is 0.399 e. The number of hydrogen-bond acceptors (Lipinski definition) is 3. The van der Waals surface area contributed by atoms with Gasteiger partial charge in [0.15, 0.2) is 0 Å². The fourth-order valence-electron chi connectivity index (χ4n) is 1.50. The number of aromatic nitrogens is 2. The minimum Gasteiger partial charge on any atom is -0.399 e. The molecule has 0 atom stereocenters. The third kappa shape index (κ3) is 2.31. The molecule has 2 rings (SSSR count). The van der Waals surface area contributed by atoms with Gasteiger partial charge < -0.3 is 11.1 Å². The monoisotopic (exact) mass is 294 g/mol. The van der Waals surface area contributed by atoms with E-state index in [2.05, 4.69) is 26.3 Å². The molecule has 17 heavy (non-hydrogen) atoms. The third-order valence-electron chi connectivity index (χ3n) is 2.29. The number of amides is 1. The minimum absolute atomic E-state index is 0.174. The molecule has 0 aliphatic carbocycles. The van der Waals surface area contributed by atoms with Gasteiger partial charge in [0.2, 0.25) is 0 Å². The van der Waals surface area contributed by atoms with Gasteiger partial charge in [-0.15, -0.1) is 0 Å². The molecule has 5 nitrogen and oxygen atoms in total. The Kier molecular flexibility index (Phi) is 3.14. The summed E-state index contributed by atoms with van der Waals surface area (Å²) in [5.74, 6) is -0.174. The van der Waals surface area contributed by atoms with Crippen LogP contribution >= 0.6 is 15.9 Å². The van der Waals surface area contributed by atoms with Gasteiger partial charge in [0.25, 0.3) is 5.91 Å². The topological polar surface area (TPSA) is 72.9 Å². The SMILES string of the molecule is CNC(=O)c1ccc(N)cc1-n1cc(Br)cn1. The van der Waals surface area contributed by atoms with Crippen LogP contribution < -0.4 is 11.1 Å². The summed E-state index contributed by atoms with van der Waals surface area (Å²) in [6.07, 6.45) is 3.41. The van der Waals surface area contributed by atoms with Crippen molar-refractivity contribution in [2.75, 3.05) is 12.8 Å². The van der Waals surface area contributed by atoms with E-state index >= 15 is 0 Å². The number of hydrogen-bond donors (Lipinski definition) is 2. The zero-order valence-electron chi connectivity index (χ0n) is 9.14. The van der Waals surface area contributed by atoms with Crippen LogP contribution in [0.1, 0.15) is 10.4 Å². The molecule has 0 saturated carbocycles. The van der Waals surface area contributed by atoms with Crippen LogP contribution in [0.15, 0.2) is 35.1 Å². The van der Waals surface area contributed by atoms with E-state index in [9.17, 15) is 4.79 Å². The number of carbonyl (C=O) groups excluding carboxylic acids is 1. The van der Waals surface area contributed by atoms with Crippen molar-refractivity contribution in [3.63, 3.8) is 0 Å². The van der Waals surface area contributed by atoms with Crippen LogP contribution in [0.5, 0.6) is 0 Å². The molecule has 2 aromatic rings. The van der Waals surface area contributed by atoms with E-state index in [-0.39, 0.29) is 5.91 Å². The molecule has 1 heterocycles. The lowest BCUT2D eigenvalue weighted by molar-refractivity contribution is 0.0963. The fraction of sp³-hybridized carbons (Fsp3) is 0.0909. The van der Waals surface area contributed by atoms with E-state index in [0.717, 1.165) is 4.47 Å².